The van der Waals surface area contributed by atoms with Crippen LogP contribution in [0.3, 0.4) is 0 Å². The highest BCUT2D eigenvalue weighted by molar-refractivity contribution is 5.96. The lowest BCUT2D eigenvalue weighted by Crippen LogP contribution is -2.49. The Bertz CT molecular complexity index is 3170. The highest BCUT2D eigenvalue weighted by Crippen LogP contribution is 2.08. The highest BCUT2D eigenvalue weighted by Gasteiger charge is 2.31. The molecule has 43 nitrogen and oxygen atoms in total. The quantitative estimate of drug-likeness (QED) is 0.0298. The van der Waals surface area contributed by atoms with E-state index >= 15 is 0 Å². The molecule has 3 atom stereocenters. The zero-order valence-corrected chi connectivity index (χ0v) is 60.7. The number of carboxylic acids is 4. The van der Waals surface area contributed by atoms with Crippen molar-refractivity contribution in [3.8, 4) is 0 Å². The van der Waals surface area contributed by atoms with Crippen molar-refractivity contribution in [3.63, 3.8) is 0 Å². The van der Waals surface area contributed by atoms with Crippen LogP contribution in [0, 0.1) is 0 Å². The van der Waals surface area contributed by atoms with Crippen molar-refractivity contribution >= 4 is 124 Å². The van der Waals surface area contributed by atoms with Crippen LogP contribution < -0.4 is 16.4 Å². The second-order valence-electron chi connectivity index (χ2n) is 24.6. The van der Waals surface area contributed by atoms with Gasteiger partial charge in [-0.05, 0) is 19.3 Å². The first-order chi connectivity index (χ1) is 47.5. The number of carboxylic acid groups (broad SMARTS) is 4. The maximum absolute atomic E-state index is 13.1. The Morgan fingerprint density at radius 1 is 0.233 bits per heavy atom. The molecule has 0 aromatic heterocycles. The van der Waals surface area contributed by atoms with Crippen molar-refractivity contribution in [3.05, 3.63) is 0 Å². The predicted molar refractivity (Wildman–Crippen MR) is 355 cm³/mol. The molecule has 43 heteroatoms. The molecule has 0 saturated carbocycles. The summed E-state index contributed by atoms with van der Waals surface area (Å²) in [6.45, 7) is -8.17. The summed E-state index contributed by atoms with van der Waals surface area (Å²) in [6, 6.07) is -4.61. The molecule has 0 aliphatic rings. The van der Waals surface area contributed by atoms with Gasteiger partial charge in [-0.15, -0.1) is 0 Å². The number of hydrogen-bond donors (Lipinski definition) is 7. The monoisotopic (exact) mass is 1470 g/mol. The number of carbonyl (C=O) groups excluding carboxylic acids is 17. The van der Waals surface area contributed by atoms with Crippen LogP contribution >= 0.6 is 0 Å². The maximum atomic E-state index is 13.1. The van der Waals surface area contributed by atoms with E-state index in [0.717, 1.165) is 73.5 Å². The molecular weight excluding hydrogens is 1370 g/mol. The van der Waals surface area contributed by atoms with E-state index in [0.29, 0.717) is 0 Å². The molecule has 0 aliphatic carbocycles. The van der Waals surface area contributed by atoms with E-state index in [-0.39, 0.29) is 6.42 Å². The zero-order chi connectivity index (χ0) is 79.8. The van der Waals surface area contributed by atoms with Gasteiger partial charge in [0, 0.05) is 125 Å². The van der Waals surface area contributed by atoms with E-state index in [1.54, 1.807) is 0 Å². The number of nitrogens with one attached hydrogen (secondary N) is 2. The molecule has 0 aromatic carbocycles. The molecule has 103 heavy (non-hydrogen) atoms. The topological polar surface area (TPSA) is 538 Å². The Kier molecular flexibility index (Phi) is 39.4. The first-order valence-electron chi connectivity index (χ1n) is 31.4. The van der Waals surface area contributed by atoms with Crippen LogP contribution in [0.15, 0.2) is 0 Å². The van der Waals surface area contributed by atoms with Crippen molar-refractivity contribution in [1.82, 2.24) is 84.1 Å². The van der Waals surface area contributed by atoms with Crippen molar-refractivity contribution < 1.29 is 121 Å². The number of rotatable bonds is 44. The molecule has 0 bridgehead atoms. The summed E-state index contributed by atoms with van der Waals surface area (Å²) in [5.41, 5.74) is 5.34. The fourth-order valence-corrected chi connectivity index (χ4v) is 8.25. The molecule has 8 N–H and O–H groups in total. The first-order valence-corrected chi connectivity index (χ1v) is 31.4. The number of hydrogen-bond acceptors (Lipinski definition) is 22. The van der Waals surface area contributed by atoms with Gasteiger partial charge < -0.3 is 110 Å². The van der Waals surface area contributed by atoms with Crippen molar-refractivity contribution in [2.24, 2.45) is 5.73 Å². The van der Waals surface area contributed by atoms with Crippen molar-refractivity contribution in [1.29, 1.82) is 0 Å². The van der Waals surface area contributed by atoms with E-state index in [9.17, 15) is 111 Å². The van der Waals surface area contributed by atoms with Crippen LogP contribution in [0.25, 0.3) is 0 Å². The van der Waals surface area contributed by atoms with Gasteiger partial charge >= 0.3 is 23.9 Å². The van der Waals surface area contributed by atoms with Gasteiger partial charge in [-0.1, -0.05) is 0 Å². The second-order valence-corrected chi connectivity index (χ2v) is 24.6. The van der Waals surface area contributed by atoms with Crippen LogP contribution in [0.5, 0.6) is 0 Å². The molecule has 0 spiro atoms. The third-order valence-corrected chi connectivity index (χ3v) is 15.5. The smallest absolute Gasteiger partial charge is 0.326 e. The van der Waals surface area contributed by atoms with Gasteiger partial charge in [-0.25, -0.2) is 9.59 Å². The summed E-state index contributed by atoms with van der Waals surface area (Å²) < 4.78 is 0. The van der Waals surface area contributed by atoms with Crippen LogP contribution in [-0.4, -0.2) is 440 Å². The molecule has 0 rings (SSSR count). The average Bonchev–Trinajstić information content (AvgIpc) is 0.889. The highest BCUT2D eigenvalue weighted by atomic mass is 16.4. The van der Waals surface area contributed by atoms with Gasteiger partial charge in [0.2, 0.25) is 100 Å². The summed E-state index contributed by atoms with van der Waals surface area (Å²) in [4.78, 5) is 279. The molecule has 578 valence electrons. The van der Waals surface area contributed by atoms with Gasteiger partial charge in [-0.2, -0.15) is 0 Å². The molecular formula is C60H98N18O25. The van der Waals surface area contributed by atoms with Crippen LogP contribution in [-0.2, 0) is 101 Å². The Balaban J connectivity index is 5.05. The molecule has 17 amide bonds. The third kappa shape index (κ3) is 34.6. The molecule has 0 heterocycles. The molecule has 0 radical (unpaired) electrons. The Morgan fingerprint density at radius 3 is 0.553 bits per heavy atom. The number of amides is 17. The van der Waals surface area contributed by atoms with E-state index in [2.05, 4.69) is 10.6 Å². The number of nitrogens with two attached hydrogens (primary N) is 1. The summed E-state index contributed by atoms with van der Waals surface area (Å²) in [6.07, 6.45) is -2.76. The van der Waals surface area contributed by atoms with E-state index in [1.807, 2.05) is 0 Å². The Labute approximate surface area is 594 Å². The molecule has 0 aliphatic heterocycles. The molecule has 0 fully saturated rings. The van der Waals surface area contributed by atoms with E-state index in [4.69, 9.17) is 15.9 Å². The standard InChI is InChI=1S/C60H98N18O25/c1-64(42(81)21-18-39(60(102)103)63-41(80)20-17-38(59(100)101)62-40(79)19-16-37(61)58(98)99)22-43(82)65(2)23-44(83)66(3)24-45(84)67(4)25-46(85)68(5)26-47(86)69(6)27-48(87)70(7)28-49(88)71(8)29-50(89)72(9)30-51(90)73(10)31-52(91)74(11)32-53(92)75(12)33-54(93)76(13)34-55(94)77(14)35-56(95)78(15)36-57(96)97/h37-39H,16-36,61H2,1-15H3,(H,62,79)(H,63,80)(H,96,97)(H,98,99)(H,100,101)(H,102,103)/t37-,38-,39-/m0/s1. The fraction of sp³-hybridized carbons (Fsp3) is 0.650. The minimum absolute atomic E-state index is 0.299. The first kappa shape index (κ1) is 91.8. The number of likely N-dealkylation sites (N-methyl/N-ethyl adjacent to an activating group) is 15. The van der Waals surface area contributed by atoms with E-state index < -0.39 is 273 Å². The van der Waals surface area contributed by atoms with Crippen molar-refractivity contribution in [2.45, 2.75) is 56.7 Å². The third-order valence-electron chi connectivity index (χ3n) is 15.5. The lowest BCUT2D eigenvalue weighted by Gasteiger charge is -2.28. The largest absolute Gasteiger partial charge is 0.480 e. The predicted octanol–water partition coefficient (Wildman–Crippen LogP) is -10.2. The molecule has 0 saturated heterocycles. The van der Waals surface area contributed by atoms with Gasteiger partial charge in [0.1, 0.15) is 24.7 Å². The summed E-state index contributed by atoms with van der Waals surface area (Å²) in [5, 5.41) is 41.1. The van der Waals surface area contributed by atoms with Crippen LogP contribution in [0.2, 0.25) is 0 Å². The Morgan fingerprint density at radius 2 is 0.388 bits per heavy atom. The molecule has 0 aromatic rings. The van der Waals surface area contributed by atoms with Crippen LogP contribution in [0.1, 0.15) is 38.5 Å². The minimum Gasteiger partial charge on any atom is -0.480 e. The average molecular weight is 1470 g/mol. The van der Waals surface area contributed by atoms with Gasteiger partial charge in [0.05, 0.1) is 91.6 Å². The number of nitrogens with zero attached hydrogens (tertiary/aromatic N) is 15. The summed E-state index contributed by atoms with van der Waals surface area (Å²) in [5.74, 6) is -18.1. The SMILES string of the molecule is CN(CC(=O)O)C(=O)CN(C)C(=O)CN(C)C(=O)CN(C)C(=O)CN(C)C(=O)CN(C)C(=O)CN(C)C(=O)CN(C)C(=O)CN(C)C(=O)CN(C)C(=O)CN(C)C(=O)CN(C)C(=O)CN(C)C(=O)CN(C)C(=O)CN(C)C(=O)CC[C@H](NC(=O)CC[C@H](NC(=O)CC[C@H](N)C(=O)O)C(=O)O)C(=O)O. The Hall–Kier alpha value is -11.2. The zero-order valence-electron chi connectivity index (χ0n) is 60.7. The number of carbonyl (C=O) groups is 21. The van der Waals surface area contributed by atoms with Crippen LogP contribution in [0.4, 0.5) is 0 Å². The fourth-order valence-electron chi connectivity index (χ4n) is 8.25. The summed E-state index contributed by atoms with van der Waals surface area (Å²) in [7, 11) is 18.8. The second kappa shape index (κ2) is 44.2. The number of aliphatic carboxylic acids is 4. The summed E-state index contributed by atoms with van der Waals surface area (Å²) >= 11 is 0. The lowest BCUT2D eigenvalue weighted by atomic mass is 10.1. The van der Waals surface area contributed by atoms with Gasteiger partial charge in [0.15, 0.2) is 0 Å². The van der Waals surface area contributed by atoms with E-state index in [1.165, 1.54) is 106 Å². The van der Waals surface area contributed by atoms with Gasteiger partial charge in [-0.3, -0.25) is 91.1 Å². The van der Waals surface area contributed by atoms with Crippen molar-refractivity contribution in [2.75, 3.05) is 204 Å². The normalized spacial score (nSPS) is 11.4. The minimum atomic E-state index is -1.64. The lowest BCUT2D eigenvalue weighted by molar-refractivity contribution is -0.147. The molecule has 0 unspecified atom stereocenters. The van der Waals surface area contributed by atoms with Gasteiger partial charge in [0.25, 0.3) is 0 Å². The maximum Gasteiger partial charge on any atom is 0.326 e.